The van der Waals surface area contributed by atoms with Gasteiger partial charge in [0.05, 0.1) is 23.9 Å². The second kappa shape index (κ2) is 8.42. The molecule has 0 spiro atoms. The van der Waals surface area contributed by atoms with Crippen molar-refractivity contribution in [2.75, 3.05) is 11.9 Å². The zero-order valence-electron chi connectivity index (χ0n) is 17.3. The number of thiophene rings is 1. The summed E-state index contributed by atoms with van der Waals surface area (Å²) in [4.78, 5) is 33.8. The molecular weight excluding hydrogens is 415 g/mol. The van der Waals surface area contributed by atoms with Gasteiger partial charge in [0, 0.05) is 18.0 Å². The van der Waals surface area contributed by atoms with Gasteiger partial charge in [-0.25, -0.2) is 14.2 Å². The molecule has 31 heavy (non-hydrogen) atoms. The fourth-order valence-electron chi connectivity index (χ4n) is 4.73. The van der Waals surface area contributed by atoms with Crippen LogP contribution in [0.3, 0.4) is 0 Å². The van der Waals surface area contributed by atoms with Crippen molar-refractivity contribution in [2.45, 2.75) is 51.6 Å². The fraction of sp³-hybridized carbons (Fsp3) is 0.435. The number of benzene rings is 1. The Morgan fingerprint density at radius 2 is 2.03 bits per heavy atom. The maximum absolute atomic E-state index is 13.9. The van der Waals surface area contributed by atoms with Crippen LogP contribution in [0.5, 0.6) is 0 Å². The minimum atomic E-state index is -0.460. The topological polar surface area (TPSA) is 67.2 Å². The van der Waals surface area contributed by atoms with E-state index in [2.05, 4.69) is 10.3 Å². The molecule has 2 amide bonds. The molecule has 1 aromatic carbocycles. The molecule has 0 atom stereocenters. The van der Waals surface area contributed by atoms with Gasteiger partial charge in [0.1, 0.15) is 10.6 Å². The zero-order valence-corrected chi connectivity index (χ0v) is 18.1. The molecule has 3 heterocycles. The number of amides is 2. The van der Waals surface area contributed by atoms with Crippen molar-refractivity contribution < 1.29 is 9.18 Å². The van der Waals surface area contributed by atoms with Gasteiger partial charge in [-0.1, -0.05) is 31.4 Å². The third-order valence-electron chi connectivity index (χ3n) is 6.41. The van der Waals surface area contributed by atoms with Crippen molar-refractivity contribution in [2.24, 2.45) is 5.92 Å². The SMILES string of the molecule is O=C(Nc1ccccc1F)N1CCc2c(sc3ncn(CC4CCCCC4)c(=O)c23)C1. The normalized spacial score (nSPS) is 17.0. The van der Waals surface area contributed by atoms with Crippen molar-refractivity contribution in [3.63, 3.8) is 0 Å². The van der Waals surface area contributed by atoms with Gasteiger partial charge >= 0.3 is 6.03 Å². The molecular formula is C23H25FN4O2S. The molecule has 1 aliphatic heterocycles. The predicted octanol–water partition coefficient (Wildman–Crippen LogP) is 4.77. The number of urea groups is 1. The van der Waals surface area contributed by atoms with Crippen LogP contribution in [-0.4, -0.2) is 27.0 Å². The summed E-state index contributed by atoms with van der Waals surface area (Å²) in [5.74, 6) is 0.0934. The lowest BCUT2D eigenvalue weighted by atomic mass is 9.89. The number of hydrogen-bond donors (Lipinski definition) is 1. The highest BCUT2D eigenvalue weighted by Gasteiger charge is 2.27. The van der Waals surface area contributed by atoms with Gasteiger partial charge in [0.15, 0.2) is 0 Å². The van der Waals surface area contributed by atoms with Gasteiger partial charge in [0.2, 0.25) is 0 Å². The van der Waals surface area contributed by atoms with Gasteiger partial charge < -0.3 is 10.2 Å². The lowest BCUT2D eigenvalue weighted by Crippen LogP contribution is -2.38. The Kier molecular flexibility index (Phi) is 5.48. The summed E-state index contributed by atoms with van der Waals surface area (Å²) in [6, 6.07) is 5.79. The van der Waals surface area contributed by atoms with E-state index in [1.165, 1.54) is 49.5 Å². The molecule has 5 rings (SSSR count). The Labute approximate surface area is 183 Å². The predicted molar refractivity (Wildman–Crippen MR) is 120 cm³/mol. The minimum absolute atomic E-state index is 0.0392. The maximum Gasteiger partial charge on any atom is 0.322 e. The van der Waals surface area contributed by atoms with Gasteiger partial charge in [-0.3, -0.25) is 9.36 Å². The summed E-state index contributed by atoms with van der Waals surface area (Å²) in [6.07, 6.45) is 8.42. The molecule has 1 N–H and O–H groups in total. The highest BCUT2D eigenvalue weighted by molar-refractivity contribution is 7.18. The first kappa shape index (κ1) is 20.2. The second-order valence-electron chi connectivity index (χ2n) is 8.47. The molecule has 0 radical (unpaired) electrons. The average molecular weight is 441 g/mol. The van der Waals surface area contributed by atoms with E-state index in [0.717, 1.165) is 21.8 Å². The highest BCUT2D eigenvalue weighted by atomic mass is 32.1. The van der Waals surface area contributed by atoms with Crippen LogP contribution in [-0.2, 0) is 19.5 Å². The number of carbonyl (C=O) groups is 1. The number of fused-ring (bicyclic) bond motifs is 3. The Bertz CT molecular complexity index is 1180. The number of anilines is 1. The second-order valence-corrected chi connectivity index (χ2v) is 9.56. The summed E-state index contributed by atoms with van der Waals surface area (Å²) in [6.45, 7) is 1.62. The first-order valence-corrected chi connectivity index (χ1v) is 11.7. The van der Waals surface area contributed by atoms with Crippen LogP contribution in [0.2, 0.25) is 0 Å². The van der Waals surface area contributed by atoms with Gasteiger partial charge in [0.25, 0.3) is 5.56 Å². The number of aromatic nitrogens is 2. The van der Waals surface area contributed by atoms with Crippen molar-refractivity contribution >= 4 is 33.3 Å². The average Bonchev–Trinajstić information content (AvgIpc) is 3.16. The Hall–Kier alpha value is -2.74. The number of halogens is 1. The monoisotopic (exact) mass is 440 g/mol. The molecule has 1 saturated carbocycles. The molecule has 0 saturated heterocycles. The molecule has 162 valence electrons. The van der Waals surface area contributed by atoms with Crippen molar-refractivity contribution in [3.8, 4) is 0 Å². The van der Waals surface area contributed by atoms with Gasteiger partial charge in [-0.2, -0.15) is 0 Å². The van der Waals surface area contributed by atoms with E-state index in [1.807, 2.05) is 0 Å². The first-order valence-electron chi connectivity index (χ1n) is 10.9. The van der Waals surface area contributed by atoms with Crippen LogP contribution in [0.15, 0.2) is 35.4 Å². The zero-order chi connectivity index (χ0) is 21.4. The number of carbonyl (C=O) groups excluding carboxylic acids is 1. The van der Waals surface area contributed by atoms with E-state index in [0.29, 0.717) is 30.8 Å². The van der Waals surface area contributed by atoms with Crippen LogP contribution < -0.4 is 10.9 Å². The van der Waals surface area contributed by atoms with Crippen LogP contribution in [0.1, 0.15) is 42.5 Å². The van der Waals surface area contributed by atoms with E-state index < -0.39 is 5.82 Å². The molecule has 3 aromatic rings. The molecule has 2 aromatic heterocycles. The molecule has 1 aliphatic carbocycles. The third kappa shape index (κ3) is 3.96. The Morgan fingerprint density at radius 3 is 2.84 bits per heavy atom. The molecule has 0 unspecified atom stereocenters. The quantitative estimate of drug-likeness (QED) is 0.638. The number of hydrogen-bond acceptors (Lipinski definition) is 4. The summed E-state index contributed by atoms with van der Waals surface area (Å²) < 4.78 is 15.6. The number of nitrogens with one attached hydrogen (secondary N) is 1. The summed E-state index contributed by atoms with van der Waals surface area (Å²) >= 11 is 1.48. The number of rotatable bonds is 3. The van der Waals surface area contributed by atoms with Crippen LogP contribution in [0.4, 0.5) is 14.9 Å². The molecule has 2 aliphatic rings. The van der Waals surface area contributed by atoms with Crippen LogP contribution >= 0.6 is 11.3 Å². The third-order valence-corrected chi connectivity index (χ3v) is 7.53. The van der Waals surface area contributed by atoms with Gasteiger partial charge in [-0.15, -0.1) is 11.3 Å². The molecule has 0 bridgehead atoms. The van der Waals surface area contributed by atoms with Crippen molar-refractivity contribution in [1.29, 1.82) is 0 Å². The van der Waals surface area contributed by atoms with Crippen LogP contribution in [0.25, 0.3) is 10.2 Å². The standard InChI is InChI=1S/C23H25FN4O2S/c24-17-8-4-5-9-18(17)26-23(30)27-11-10-16-19(13-27)31-21-20(16)22(29)28(14-25-21)12-15-6-2-1-3-7-15/h4-5,8-9,14-15H,1-3,6-7,10-13H2,(H,26,30). The number of para-hydroxylation sites is 1. The van der Waals surface area contributed by atoms with E-state index in [-0.39, 0.29) is 17.3 Å². The van der Waals surface area contributed by atoms with Crippen molar-refractivity contribution in [1.82, 2.24) is 14.5 Å². The number of nitrogens with zero attached hydrogens (tertiary/aromatic N) is 3. The van der Waals surface area contributed by atoms with Gasteiger partial charge in [-0.05, 0) is 42.9 Å². The van der Waals surface area contributed by atoms with Crippen molar-refractivity contribution in [3.05, 3.63) is 57.2 Å². The molecule has 6 nitrogen and oxygen atoms in total. The minimum Gasteiger partial charge on any atom is -0.319 e. The first-order chi connectivity index (χ1) is 15.1. The van der Waals surface area contributed by atoms with E-state index in [9.17, 15) is 14.0 Å². The summed E-state index contributed by atoms with van der Waals surface area (Å²) in [7, 11) is 0. The summed E-state index contributed by atoms with van der Waals surface area (Å²) in [5, 5.41) is 3.36. The lowest BCUT2D eigenvalue weighted by Gasteiger charge is -2.27. The Morgan fingerprint density at radius 1 is 1.23 bits per heavy atom. The molecule has 8 heteroatoms. The van der Waals surface area contributed by atoms with E-state index in [4.69, 9.17) is 0 Å². The summed E-state index contributed by atoms with van der Waals surface area (Å²) in [5.41, 5.74) is 1.23. The smallest absolute Gasteiger partial charge is 0.319 e. The van der Waals surface area contributed by atoms with Crippen LogP contribution in [0, 0.1) is 11.7 Å². The highest BCUT2D eigenvalue weighted by Crippen LogP contribution is 2.33. The fourth-order valence-corrected chi connectivity index (χ4v) is 5.92. The maximum atomic E-state index is 13.9. The van der Waals surface area contributed by atoms with E-state index >= 15 is 0 Å². The Balaban J connectivity index is 1.37. The van der Waals surface area contributed by atoms with E-state index in [1.54, 1.807) is 34.0 Å². The molecule has 1 fully saturated rings. The largest absolute Gasteiger partial charge is 0.322 e. The lowest BCUT2D eigenvalue weighted by molar-refractivity contribution is 0.207.